The maximum Gasteiger partial charge on any atom is 0.254 e. The van der Waals surface area contributed by atoms with Gasteiger partial charge in [0.2, 0.25) is 0 Å². The first-order valence-electron chi connectivity index (χ1n) is 5.85. The summed E-state index contributed by atoms with van der Waals surface area (Å²) in [6, 6.07) is 13.7. The lowest BCUT2D eigenvalue weighted by atomic mass is 10.1. The summed E-state index contributed by atoms with van der Waals surface area (Å²) in [5, 5.41) is 0. The number of nitrogens with zero attached hydrogens (tertiary/aromatic N) is 1. The zero-order valence-electron chi connectivity index (χ0n) is 9.77. The molecule has 0 radical (unpaired) electrons. The van der Waals surface area contributed by atoms with Crippen molar-refractivity contribution < 1.29 is 9.18 Å². The Labute approximate surface area is 105 Å². The standard InChI is InChI=1S/C15H12FNO/c16-14-7-5-11(6-8-14)15(18)17-9-12-3-1-2-4-13(12)10-17/h1-8H,9-10H2. The van der Waals surface area contributed by atoms with Crippen LogP contribution in [0, 0.1) is 5.82 Å². The summed E-state index contributed by atoms with van der Waals surface area (Å²) < 4.78 is 12.8. The minimum atomic E-state index is -0.323. The van der Waals surface area contributed by atoms with Crippen molar-refractivity contribution in [2.45, 2.75) is 13.1 Å². The molecule has 1 aliphatic rings. The normalized spacial score (nSPS) is 13.5. The van der Waals surface area contributed by atoms with Crippen LogP contribution in [0.25, 0.3) is 0 Å². The number of hydrogen-bond acceptors (Lipinski definition) is 1. The van der Waals surface area contributed by atoms with E-state index in [1.165, 1.54) is 35.4 Å². The lowest BCUT2D eigenvalue weighted by Crippen LogP contribution is -2.25. The Balaban J connectivity index is 1.82. The number of rotatable bonds is 1. The third kappa shape index (κ3) is 1.88. The van der Waals surface area contributed by atoms with Crippen LogP contribution in [0.4, 0.5) is 4.39 Å². The van der Waals surface area contributed by atoms with Crippen LogP contribution < -0.4 is 0 Å². The van der Waals surface area contributed by atoms with Gasteiger partial charge in [-0.3, -0.25) is 4.79 Å². The molecule has 0 fully saturated rings. The largest absolute Gasteiger partial charge is 0.330 e. The van der Waals surface area contributed by atoms with Gasteiger partial charge in [0.1, 0.15) is 5.82 Å². The summed E-state index contributed by atoms with van der Waals surface area (Å²) >= 11 is 0. The van der Waals surface area contributed by atoms with Crippen molar-refractivity contribution in [1.29, 1.82) is 0 Å². The molecule has 0 bridgehead atoms. The van der Waals surface area contributed by atoms with E-state index in [1.807, 2.05) is 24.3 Å². The molecule has 0 aliphatic carbocycles. The third-order valence-corrected chi connectivity index (χ3v) is 3.22. The maximum atomic E-state index is 12.8. The van der Waals surface area contributed by atoms with Crippen molar-refractivity contribution in [3.63, 3.8) is 0 Å². The zero-order chi connectivity index (χ0) is 12.5. The zero-order valence-corrected chi connectivity index (χ0v) is 9.77. The first-order chi connectivity index (χ1) is 8.74. The van der Waals surface area contributed by atoms with Gasteiger partial charge in [-0.25, -0.2) is 4.39 Å². The highest BCUT2D eigenvalue weighted by Gasteiger charge is 2.23. The number of benzene rings is 2. The summed E-state index contributed by atoms with van der Waals surface area (Å²) in [7, 11) is 0. The van der Waals surface area contributed by atoms with E-state index >= 15 is 0 Å². The fourth-order valence-corrected chi connectivity index (χ4v) is 2.25. The number of carbonyl (C=O) groups is 1. The lowest BCUT2D eigenvalue weighted by molar-refractivity contribution is 0.0751. The highest BCUT2D eigenvalue weighted by molar-refractivity contribution is 5.94. The summed E-state index contributed by atoms with van der Waals surface area (Å²) in [6.07, 6.45) is 0. The third-order valence-electron chi connectivity index (χ3n) is 3.22. The second kappa shape index (κ2) is 4.26. The summed E-state index contributed by atoms with van der Waals surface area (Å²) in [4.78, 5) is 14.0. The lowest BCUT2D eigenvalue weighted by Gasteiger charge is -2.15. The van der Waals surface area contributed by atoms with E-state index in [1.54, 1.807) is 4.90 Å². The molecular weight excluding hydrogens is 229 g/mol. The Hall–Kier alpha value is -2.16. The molecule has 0 unspecified atom stereocenters. The molecule has 1 heterocycles. The smallest absolute Gasteiger partial charge is 0.254 e. The molecule has 0 N–H and O–H groups in total. The van der Waals surface area contributed by atoms with Crippen LogP contribution in [0.2, 0.25) is 0 Å². The van der Waals surface area contributed by atoms with Gasteiger partial charge in [-0.05, 0) is 35.4 Å². The van der Waals surface area contributed by atoms with E-state index in [9.17, 15) is 9.18 Å². The second-order valence-electron chi connectivity index (χ2n) is 4.44. The molecule has 0 spiro atoms. The van der Waals surface area contributed by atoms with E-state index in [-0.39, 0.29) is 11.7 Å². The number of carbonyl (C=O) groups excluding carboxylic acids is 1. The van der Waals surface area contributed by atoms with Gasteiger partial charge >= 0.3 is 0 Å². The molecule has 2 nitrogen and oxygen atoms in total. The maximum absolute atomic E-state index is 12.8. The van der Waals surface area contributed by atoms with E-state index in [4.69, 9.17) is 0 Å². The molecule has 0 atom stereocenters. The number of hydrogen-bond donors (Lipinski definition) is 0. The molecule has 2 aromatic carbocycles. The van der Waals surface area contributed by atoms with Gasteiger partial charge in [-0.15, -0.1) is 0 Å². The summed E-state index contributed by atoms with van der Waals surface area (Å²) in [6.45, 7) is 1.26. The van der Waals surface area contributed by atoms with Crippen molar-refractivity contribution in [1.82, 2.24) is 4.90 Å². The Bertz CT molecular complexity index is 567. The fraction of sp³-hybridized carbons (Fsp3) is 0.133. The first-order valence-corrected chi connectivity index (χ1v) is 5.85. The predicted octanol–water partition coefficient (Wildman–Crippen LogP) is 2.98. The van der Waals surface area contributed by atoms with Gasteiger partial charge < -0.3 is 4.90 Å². The molecular formula is C15H12FNO. The van der Waals surface area contributed by atoms with Crippen molar-refractivity contribution in [2.24, 2.45) is 0 Å². The Kier molecular flexibility index (Phi) is 2.59. The first kappa shape index (κ1) is 11.0. The van der Waals surface area contributed by atoms with Crippen LogP contribution in [-0.4, -0.2) is 10.8 Å². The van der Waals surface area contributed by atoms with E-state index in [0.29, 0.717) is 18.7 Å². The van der Waals surface area contributed by atoms with E-state index < -0.39 is 0 Å². The fourth-order valence-electron chi connectivity index (χ4n) is 2.25. The quantitative estimate of drug-likeness (QED) is 0.751. The monoisotopic (exact) mass is 241 g/mol. The molecule has 0 saturated heterocycles. The van der Waals surface area contributed by atoms with Gasteiger partial charge in [0, 0.05) is 18.7 Å². The van der Waals surface area contributed by atoms with Crippen molar-refractivity contribution >= 4 is 5.91 Å². The molecule has 0 saturated carbocycles. The van der Waals surface area contributed by atoms with Crippen molar-refractivity contribution in [3.8, 4) is 0 Å². The highest BCUT2D eigenvalue weighted by atomic mass is 19.1. The van der Waals surface area contributed by atoms with Gasteiger partial charge in [0.05, 0.1) is 0 Å². The van der Waals surface area contributed by atoms with Crippen molar-refractivity contribution in [3.05, 3.63) is 71.0 Å². The minimum Gasteiger partial charge on any atom is -0.330 e. The van der Waals surface area contributed by atoms with Crippen LogP contribution in [0.5, 0.6) is 0 Å². The predicted molar refractivity (Wildman–Crippen MR) is 66.4 cm³/mol. The molecule has 3 rings (SSSR count). The average Bonchev–Trinajstić information content (AvgIpc) is 2.82. The van der Waals surface area contributed by atoms with Gasteiger partial charge in [0.15, 0.2) is 0 Å². The molecule has 1 aliphatic heterocycles. The van der Waals surface area contributed by atoms with Crippen LogP contribution in [0.3, 0.4) is 0 Å². The molecule has 3 heteroatoms. The second-order valence-corrected chi connectivity index (χ2v) is 4.44. The molecule has 2 aromatic rings. The van der Waals surface area contributed by atoms with Gasteiger partial charge in [-0.1, -0.05) is 24.3 Å². The molecule has 90 valence electrons. The molecule has 0 aromatic heterocycles. The topological polar surface area (TPSA) is 20.3 Å². The van der Waals surface area contributed by atoms with Crippen LogP contribution >= 0.6 is 0 Å². The van der Waals surface area contributed by atoms with Gasteiger partial charge in [-0.2, -0.15) is 0 Å². The molecule has 1 amide bonds. The van der Waals surface area contributed by atoms with Gasteiger partial charge in [0.25, 0.3) is 5.91 Å². The van der Waals surface area contributed by atoms with E-state index in [0.717, 1.165) is 0 Å². The minimum absolute atomic E-state index is 0.0498. The number of amides is 1. The summed E-state index contributed by atoms with van der Waals surface area (Å²) in [5.41, 5.74) is 2.91. The Morgan fingerprint density at radius 3 is 2.06 bits per heavy atom. The Morgan fingerprint density at radius 2 is 1.50 bits per heavy atom. The van der Waals surface area contributed by atoms with Crippen LogP contribution in [0.15, 0.2) is 48.5 Å². The Morgan fingerprint density at radius 1 is 0.944 bits per heavy atom. The van der Waals surface area contributed by atoms with Crippen LogP contribution in [-0.2, 0) is 13.1 Å². The van der Waals surface area contributed by atoms with Crippen molar-refractivity contribution in [2.75, 3.05) is 0 Å². The average molecular weight is 241 g/mol. The number of fused-ring (bicyclic) bond motifs is 1. The summed E-state index contributed by atoms with van der Waals surface area (Å²) in [5.74, 6) is -0.373. The molecule has 18 heavy (non-hydrogen) atoms. The number of halogens is 1. The highest BCUT2D eigenvalue weighted by Crippen LogP contribution is 2.23. The van der Waals surface area contributed by atoms with Crippen LogP contribution in [0.1, 0.15) is 21.5 Å². The van der Waals surface area contributed by atoms with E-state index in [2.05, 4.69) is 0 Å². The SMILES string of the molecule is O=C(c1ccc(F)cc1)N1Cc2ccccc2C1.